The summed E-state index contributed by atoms with van der Waals surface area (Å²) in [6.07, 6.45) is 2.88. The molecule has 6 nitrogen and oxygen atoms in total. The van der Waals surface area contributed by atoms with Crippen molar-refractivity contribution in [1.29, 1.82) is 0 Å². The Bertz CT molecular complexity index is 1650. The number of piperidine rings is 2. The standard InChI is InChI=1S/C40H48N2O4/c1-37(2)21-33(22-38(3,4)41-37)45-35(43)31-15-13-27-17-25(9-11-29(27)19-31)26-10-12-30-20-32(16-14-28(30)18-26)36(44)46-34-23-39(5,6)42-40(7,8)24-34/h9-20,33-34,41-42H,21-24H2,1-8H3. The summed E-state index contributed by atoms with van der Waals surface area (Å²) in [6, 6.07) is 24.2. The lowest BCUT2D eigenvalue weighted by molar-refractivity contribution is -0.00764. The van der Waals surface area contributed by atoms with E-state index in [1.165, 1.54) is 0 Å². The summed E-state index contributed by atoms with van der Waals surface area (Å²) in [7, 11) is 0. The Morgan fingerprint density at radius 2 is 0.804 bits per heavy atom. The summed E-state index contributed by atoms with van der Waals surface area (Å²) in [5.41, 5.74) is 2.95. The quantitative estimate of drug-likeness (QED) is 0.218. The second-order valence-electron chi connectivity index (χ2n) is 16.2. The van der Waals surface area contributed by atoms with E-state index in [-0.39, 0.29) is 46.3 Å². The molecule has 6 heteroatoms. The second kappa shape index (κ2) is 11.5. The van der Waals surface area contributed by atoms with Gasteiger partial charge >= 0.3 is 11.9 Å². The Morgan fingerprint density at radius 3 is 1.15 bits per heavy atom. The van der Waals surface area contributed by atoms with Crippen molar-refractivity contribution < 1.29 is 19.1 Å². The van der Waals surface area contributed by atoms with E-state index in [0.29, 0.717) is 11.1 Å². The van der Waals surface area contributed by atoms with Gasteiger partial charge in [-0.1, -0.05) is 36.4 Å². The summed E-state index contributed by atoms with van der Waals surface area (Å²) in [5.74, 6) is -0.545. The normalized spacial score (nSPS) is 20.8. The van der Waals surface area contributed by atoms with Gasteiger partial charge < -0.3 is 20.1 Å². The highest BCUT2D eigenvalue weighted by Gasteiger charge is 2.40. The average molecular weight is 621 g/mol. The molecule has 0 aromatic heterocycles. The average Bonchev–Trinajstić information content (AvgIpc) is 2.92. The molecule has 0 saturated carbocycles. The maximum atomic E-state index is 13.1. The van der Waals surface area contributed by atoms with E-state index in [0.717, 1.165) is 58.4 Å². The van der Waals surface area contributed by atoms with E-state index >= 15 is 0 Å². The molecule has 4 aromatic rings. The molecule has 0 amide bonds. The number of hydrogen-bond acceptors (Lipinski definition) is 6. The highest BCUT2D eigenvalue weighted by atomic mass is 16.5. The summed E-state index contributed by atoms with van der Waals surface area (Å²) >= 11 is 0. The highest BCUT2D eigenvalue weighted by molar-refractivity contribution is 5.99. The van der Waals surface area contributed by atoms with Crippen LogP contribution in [0.3, 0.4) is 0 Å². The lowest BCUT2D eigenvalue weighted by Gasteiger charge is -2.45. The molecular formula is C40H48N2O4. The Kier molecular flexibility index (Phi) is 8.05. The lowest BCUT2D eigenvalue weighted by Crippen LogP contribution is -2.59. The number of esters is 2. The largest absolute Gasteiger partial charge is 0.459 e. The molecule has 2 aliphatic heterocycles. The van der Waals surface area contributed by atoms with Crippen molar-refractivity contribution in [3.63, 3.8) is 0 Å². The fourth-order valence-electron chi connectivity index (χ4n) is 8.17. The van der Waals surface area contributed by atoms with E-state index in [1.54, 1.807) is 0 Å². The maximum absolute atomic E-state index is 13.1. The molecular weight excluding hydrogens is 572 g/mol. The van der Waals surface area contributed by atoms with Crippen LogP contribution >= 0.6 is 0 Å². The number of rotatable bonds is 5. The second-order valence-corrected chi connectivity index (χ2v) is 16.2. The van der Waals surface area contributed by atoms with Crippen LogP contribution in [0.2, 0.25) is 0 Å². The molecule has 0 radical (unpaired) electrons. The zero-order valence-corrected chi connectivity index (χ0v) is 28.5. The van der Waals surface area contributed by atoms with Crippen molar-refractivity contribution in [2.45, 2.75) is 115 Å². The summed E-state index contributed by atoms with van der Waals surface area (Å²) in [4.78, 5) is 26.3. The molecule has 242 valence electrons. The Balaban J connectivity index is 1.16. The predicted molar refractivity (Wildman–Crippen MR) is 186 cm³/mol. The Hall–Kier alpha value is -3.74. The molecule has 2 N–H and O–H groups in total. The smallest absolute Gasteiger partial charge is 0.338 e. The third-order valence-electron chi connectivity index (χ3n) is 9.34. The molecule has 2 saturated heterocycles. The zero-order valence-electron chi connectivity index (χ0n) is 28.5. The van der Waals surface area contributed by atoms with Gasteiger partial charge in [0.1, 0.15) is 12.2 Å². The first kappa shape index (κ1) is 32.2. The van der Waals surface area contributed by atoms with Crippen molar-refractivity contribution in [3.05, 3.63) is 83.9 Å². The van der Waals surface area contributed by atoms with Gasteiger partial charge in [-0.3, -0.25) is 0 Å². The minimum atomic E-state index is -0.273. The van der Waals surface area contributed by atoms with Gasteiger partial charge in [0.25, 0.3) is 0 Å². The minimum absolute atomic E-state index is 0.0919. The fourth-order valence-corrected chi connectivity index (χ4v) is 8.17. The number of carbonyl (C=O) groups excluding carboxylic acids is 2. The van der Waals surface area contributed by atoms with Crippen LogP contribution in [0.15, 0.2) is 72.8 Å². The van der Waals surface area contributed by atoms with Gasteiger partial charge in [0, 0.05) is 47.8 Å². The topological polar surface area (TPSA) is 76.7 Å². The Labute approximate surface area is 273 Å². The van der Waals surface area contributed by atoms with Crippen LogP contribution in [0.5, 0.6) is 0 Å². The van der Waals surface area contributed by atoms with Crippen LogP contribution in [0.25, 0.3) is 32.7 Å². The van der Waals surface area contributed by atoms with Crippen LogP contribution < -0.4 is 10.6 Å². The molecule has 0 bridgehead atoms. The predicted octanol–water partition coefficient (Wildman–Crippen LogP) is 8.59. The molecule has 0 aliphatic carbocycles. The summed E-state index contributed by atoms with van der Waals surface area (Å²) < 4.78 is 12.0. The SMILES string of the molecule is CC1(C)CC(OC(=O)c2ccc3cc(-c4ccc5cc(C(=O)OC6CC(C)(C)NC(C)(C)C6)ccc5c4)ccc3c2)CC(C)(C)N1. The molecule has 0 spiro atoms. The van der Waals surface area contributed by atoms with Gasteiger partial charge in [0.2, 0.25) is 0 Å². The molecule has 2 aliphatic rings. The molecule has 2 fully saturated rings. The number of fused-ring (bicyclic) bond motifs is 2. The number of nitrogens with one attached hydrogen (secondary N) is 2. The molecule has 2 heterocycles. The van der Waals surface area contributed by atoms with Crippen LogP contribution in [0.4, 0.5) is 0 Å². The van der Waals surface area contributed by atoms with E-state index in [4.69, 9.17) is 9.47 Å². The number of carbonyl (C=O) groups is 2. The van der Waals surface area contributed by atoms with Crippen LogP contribution in [-0.4, -0.2) is 46.3 Å². The maximum Gasteiger partial charge on any atom is 0.338 e. The van der Waals surface area contributed by atoms with Gasteiger partial charge in [0.05, 0.1) is 11.1 Å². The van der Waals surface area contributed by atoms with Crippen LogP contribution in [-0.2, 0) is 9.47 Å². The van der Waals surface area contributed by atoms with Crippen LogP contribution in [0, 0.1) is 0 Å². The van der Waals surface area contributed by atoms with Crippen molar-refractivity contribution in [2.75, 3.05) is 0 Å². The highest BCUT2D eigenvalue weighted by Crippen LogP contribution is 2.33. The number of hydrogen-bond donors (Lipinski definition) is 2. The van der Waals surface area contributed by atoms with Gasteiger partial charge in [0.15, 0.2) is 0 Å². The van der Waals surface area contributed by atoms with E-state index in [1.807, 2.05) is 36.4 Å². The zero-order chi connectivity index (χ0) is 33.1. The molecule has 0 unspecified atom stereocenters. The molecule has 4 aromatic carbocycles. The van der Waals surface area contributed by atoms with Gasteiger partial charge in [-0.2, -0.15) is 0 Å². The van der Waals surface area contributed by atoms with Gasteiger partial charge in [-0.25, -0.2) is 9.59 Å². The molecule has 46 heavy (non-hydrogen) atoms. The van der Waals surface area contributed by atoms with Gasteiger partial charge in [-0.15, -0.1) is 0 Å². The van der Waals surface area contributed by atoms with Crippen molar-refractivity contribution in [2.24, 2.45) is 0 Å². The van der Waals surface area contributed by atoms with Crippen molar-refractivity contribution in [3.8, 4) is 11.1 Å². The summed E-state index contributed by atoms with van der Waals surface area (Å²) in [5, 5.41) is 11.4. The third kappa shape index (κ3) is 7.29. The fraction of sp³-hybridized carbons (Fsp3) is 0.450. The first-order valence-corrected chi connectivity index (χ1v) is 16.5. The third-order valence-corrected chi connectivity index (χ3v) is 9.34. The van der Waals surface area contributed by atoms with E-state index in [9.17, 15) is 9.59 Å². The first-order valence-electron chi connectivity index (χ1n) is 16.5. The number of ether oxygens (including phenoxy) is 2. The van der Waals surface area contributed by atoms with Crippen molar-refractivity contribution in [1.82, 2.24) is 10.6 Å². The monoisotopic (exact) mass is 620 g/mol. The summed E-state index contributed by atoms with van der Waals surface area (Å²) in [6.45, 7) is 17.2. The number of benzene rings is 4. The molecule has 0 atom stereocenters. The van der Waals surface area contributed by atoms with E-state index < -0.39 is 0 Å². The lowest BCUT2D eigenvalue weighted by atomic mass is 9.81. The molecule has 6 rings (SSSR count). The first-order chi connectivity index (χ1) is 21.4. The van der Waals surface area contributed by atoms with E-state index in [2.05, 4.69) is 102 Å². The van der Waals surface area contributed by atoms with Gasteiger partial charge in [-0.05, 0) is 124 Å². The van der Waals surface area contributed by atoms with Crippen molar-refractivity contribution >= 4 is 33.5 Å². The Morgan fingerprint density at radius 1 is 0.500 bits per heavy atom. The van der Waals surface area contributed by atoms with Crippen LogP contribution in [0.1, 0.15) is 102 Å². The minimum Gasteiger partial charge on any atom is -0.459 e.